The zero-order chi connectivity index (χ0) is 18.1. The molecule has 25 heavy (non-hydrogen) atoms. The first-order valence-corrected chi connectivity index (χ1v) is 7.77. The van der Waals surface area contributed by atoms with Gasteiger partial charge in [-0.2, -0.15) is 0 Å². The van der Waals surface area contributed by atoms with Crippen molar-refractivity contribution in [3.63, 3.8) is 0 Å². The van der Waals surface area contributed by atoms with E-state index >= 15 is 0 Å². The van der Waals surface area contributed by atoms with Gasteiger partial charge in [0.2, 0.25) is 0 Å². The predicted molar refractivity (Wildman–Crippen MR) is 82.8 cm³/mol. The first-order chi connectivity index (χ1) is 12.0. The van der Waals surface area contributed by atoms with Crippen molar-refractivity contribution in [3.8, 4) is 11.3 Å². The third-order valence-corrected chi connectivity index (χ3v) is 4.41. The Morgan fingerprint density at radius 3 is 2.80 bits per heavy atom. The number of aryl methyl sites for hydroxylation is 1. The average molecular weight is 355 g/mol. The lowest BCUT2D eigenvalue weighted by molar-refractivity contribution is -0.174. The summed E-state index contributed by atoms with van der Waals surface area (Å²) in [6, 6.07) is 1.46. The summed E-state index contributed by atoms with van der Waals surface area (Å²) in [5, 5.41) is 27.5. The fourth-order valence-corrected chi connectivity index (χ4v) is 2.94. The molecule has 1 saturated heterocycles. The lowest BCUT2D eigenvalue weighted by Gasteiger charge is -2.38. The van der Waals surface area contributed by atoms with E-state index in [1.165, 1.54) is 24.9 Å². The number of benzene rings is 1. The third-order valence-electron chi connectivity index (χ3n) is 4.41. The van der Waals surface area contributed by atoms with E-state index in [1.54, 1.807) is 0 Å². The second-order valence-corrected chi connectivity index (χ2v) is 5.97. The van der Waals surface area contributed by atoms with Crippen LogP contribution < -0.4 is 0 Å². The maximum atomic E-state index is 14.1. The van der Waals surface area contributed by atoms with Gasteiger partial charge < -0.3 is 19.7 Å². The van der Waals surface area contributed by atoms with E-state index in [2.05, 4.69) is 10.3 Å². The Bertz CT molecular complexity index is 755. The van der Waals surface area contributed by atoms with Crippen molar-refractivity contribution in [1.29, 1.82) is 0 Å². The molecule has 2 heterocycles. The fraction of sp³-hybridized carbons (Fsp3) is 0.500. The van der Waals surface area contributed by atoms with Gasteiger partial charge in [-0.1, -0.05) is 5.21 Å². The van der Waals surface area contributed by atoms with Crippen molar-refractivity contribution in [2.75, 3.05) is 20.3 Å². The largest absolute Gasteiger partial charge is 0.394 e. The van der Waals surface area contributed by atoms with Gasteiger partial charge in [0.1, 0.15) is 41.7 Å². The van der Waals surface area contributed by atoms with Crippen LogP contribution in [-0.2, 0) is 9.47 Å². The molecular weight excluding hydrogens is 336 g/mol. The summed E-state index contributed by atoms with van der Waals surface area (Å²) < 4.78 is 39.9. The van der Waals surface area contributed by atoms with Gasteiger partial charge in [0.25, 0.3) is 0 Å². The van der Waals surface area contributed by atoms with Crippen LogP contribution in [0.25, 0.3) is 11.3 Å². The first kappa shape index (κ1) is 17.9. The molecule has 0 amide bonds. The number of hydrogen-bond acceptors (Lipinski definition) is 6. The summed E-state index contributed by atoms with van der Waals surface area (Å²) in [5.74, 6) is -1.16. The highest BCUT2D eigenvalue weighted by Crippen LogP contribution is 2.30. The SMILES string of the molecule is COC1COC(CO)C(O)C1n1cc(-c2cc(F)c(C)cc2F)nn1. The van der Waals surface area contributed by atoms with Crippen molar-refractivity contribution in [2.45, 2.75) is 31.3 Å². The Morgan fingerprint density at radius 2 is 2.12 bits per heavy atom. The minimum atomic E-state index is -1.10. The first-order valence-electron chi connectivity index (χ1n) is 7.77. The van der Waals surface area contributed by atoms with Crippen LogP contribution in [0.15, 0.2) is 18.3 Å². The molecule has 0 saturated carbocycles. The van der Waals surface area contributed by atoms with Crippen LogP contribution in [0.1, 0.15) is 11.6 Å². The van der Waals surface area contributed by atoms with E-state index in [0.29, 0.717) is 0 Å². The Balaban J connectivity index is 1.95. The van der Waals surface area contributed by atoms with Crippen LogP contribution in [0.3, 0.4) is 0 Å². The number of nitrogens with zero attached hydrogens (tertiary/aromatic N) is 3. The van der Waals surface area contributed by atoms with Gasteiger partial charge in [-0.3, -0.25) is 0 Å². The van der Waals surface area contributed by atoms with Crippen molar-refractivity contribution in [2.24, 2.45) is 0 Å². The molecule has 4 atom stereocenters. The molecule has 9 heteroatoms. The maximum absolute atomic E-state index is 14.1. The Hall–Kier alpha value is -1.94. The van der Waals surface area contributed by atoms with Gasteiger partial charge in [-0.05, 0) is 24.6 Å². The smallest absolute Gasteiger partial charge is 0.133 e. The van der Waals surface area contributed by atoms with Gasteiger partial charge in [0, 0.05) is 12.7 Å². The molecule has 2 aromatic rings. The highest BCUT2D eigenvalue weighted by Gasteiger charge is 2.41. The van der Waals surface area contributed by atoms with E-state index in [-0.39, 0.29) is 30.0 Å². The zero-order valence-electron chi connectivity index (χ0n) is 13.8. The number of methoxy groups -OCH3 is 1. The highest BCUT2D eigenvalue weighted by molar-refractivity contribution is 5.59. The lowest BCUT2D eigenvalue weighted by atomic mass is 9.97. The normalized spacial score (nSPS) is 26.8. The number of halogens is 2. The van der Waals surface area contributed by atoms with Gasteiger partial charge in [-0.25, -0.2) is 13.5 Å². The Kier molecular flexibility index (Phi) is 5.09. The second-order valence-electron chi connectivity index (χ2n) is 5.97. The van der Waals surface area contributed by atoms with Crippen LogP contribution in [0.4, 0.5) is 8.78 Å². The van der Waals surface area contributed by atoms with Crippen LogP contribution >= 0.6 is 0 Å². The van der Waals surface area contributed by atoms with Crippen molar-refractivity contribution >= 4 is 0 Å². The summed E-state index contributed by atoms with van der Waals surface area (Å²) in [6.07, 6.45) is -1.02. The maximum Gasteiger partial charge on any atom is 0.133 e. The zero-order valence-corrected chi connectivity index (χ0v) is 13.8. The minimum Gasteiger partial charge on any atom is -0.394 e. The van der Waals surface area contributed by atoms with Crippen LogP contribution in [0, 0.1) is 18.6 Å². The molecule has 0 aliphatic carbocycles. The van der Waals surface area contributed by atoms with Crippen molar-refractivity contribution in [3.05, 3.63) is 35.5 Å². The molecule has 1 aliphatic heterocycles. The second kappa shape index (κ2) is 7.12. The van der Waals surface area contributed by atoms with Gasteiger partial charge >= 0.3 is 0 Å². The molecule has 4 unspecified atom stereocenters. The number of ether oxygens (including phenoxy) is 2. The van der Waals surface area contributed by atoms with Crippen molar-refractivity contribution in [1.82, 2.24) is 15.0 Å². The van der Waals surface area contributed by atoms with Crippen LogP contribution in [0.5, 0.6) is 0 Å². The Labute approximate surface area is 142 Å². The number of aliphatic hydroxyl groups excluding tert-OH is 2. The summed E-state index contributed by atoms with van der Waals surface area (Å²) in [4.78, 5) is 0. The molecule has 0 radical (unpaired) electrons. The highest BCUT2D eigenvalue weighted by atomic mass is 19.1. The molecule has 0 bridgehead atoms. The van der Waals surface area contributed by atoms with Gasteiger partial charge in [-0.15, -0.1) is 5.10 Å². The molecule has 1 aromatic heterocycles. The van der Waals surface area contributed by atoms with E-state index in [4.69, 9.17) is 9.47 Å². The van der Waals surface area contributed by atoms with Gasteiger partial charge in [0.15, 0.2) is 0 Å². The topological polar surface area (TPSA) is 89.6 Å². The summed E-state index contributed by atoms with van der Waals surface area (Å²) in [7, 11) is 1.46. The standard InChI is InChI=1S/C16H19F2N3O4/c1-8-3-11(18)9(4-10(8)17)12-5-21(20-19-12)15-14(24-2)7-25-13(6-22)16(15)23/h3-5,13-16,22-23H,6-7H2,1-2H3. The van der Waals surface area contributed by atoms with E-state index in [9.17, 15) is 19.0 Å². The van der Waals surface area contributed by atoms with Crippen molar-refractivity contribution < 1.29 is 28.5 Å². The minimum absolute atomic E-state index is 0.0245. The molecule has 3 rings (SSSR count). The van der Waals surface area contributed by atoms with Crippen LogP contribution in [-0.4, -0.2) is 63.8 Å². The molecule has 0 spiro atoms. The summed E-state index contributed by atoms with van der Waals surface area (Å²) in [6.45, 7) is 1.25. The molecule has 136 valence electrons. The fourth-order valence-electron chi connectivity index (χ4n) is 2.94. The molecule has 7 nitrogen and oxygen atoms in total. The van der Waals surface area contributed by atoms with Gasteiger partial charge in [0.05, 0.1) is 19.4 Å². The molecular formula is C16H19F2N3O4. The van der Waals surface area contributed by atoms with E-state index in [0.717, 1.165) is 12.1 Å². The summed E-state index contributed by atoms with van der Waals surface area (Å²) in [5.41, 5.74) is 0.299. The number of aromatic nitrogens is 3. The number of hydrogen-bond donors (Lipinski definition) is 2. The number of aliphatic hydroxyl groups is 2. The lowest BCUT2D eigenvalue weighted by Crippen LogP contribution is -2.52. The van der Waals surface area contributed by atoms with E-state index < -0.39 is 36.0 Å². The molecule has 1 fully saturated rings. The average Bonchev–Trinajstić information content (AvgIpc) is 3.07. The van der Waals surface area contributed by atoms with Crippen LogP contribution in [0.2, 0.25) is 0 Å². The molecule has 1 aliphatic rings. The number of rotatable bonds is 4. The quantitative estimate of drug-likeness (QED) is 0.845. The monoisotopic (exact) mass is 355 g/mol. The molecule has 2 N–H and O–H groups in total. The Morgan fingerprint density at radius 1 is 1.36 bits per heavy atom. The predicted octanol–water partition coefficient (Wildman–Crippen LogP) is 0.840. The summed E-state index contributed by atoms with van der Waals surface area (Å²) >= 11 is 0. The van der Waals surface area contributed by atoms with E-state index in [1.807, 2.05) is 0 Å². The molecule has 1 aromatic carbocycles. The third kappa shape index (κ3) is 3.28.